The predicted octanol–water partition coefficient (Wildman–Crippen LogP) is 2.05. The molecule has 20 heavy (non-hydrogen) atoms. The third-order valence-electron chi connectivity index (χ3n) is 4.48. The molecule has 0 N–H and O–H groups in total. The van der Waals surface area contributed by atoms with E-state index in [1.54, 1.807) is 0 Å². The molecule has 1 aromatic rings. The summed E-state index contributed by atoms with van der Waals surface area (Å²) in [7, 11) is 1.40. The van der Waals surface area contributed by atoms with Crippen molar-refractivity contribution in [1.82, 2.24) is 4.90 Å². The van der Waals surface area contributed by atoms with E-state index < -0.39 is 0 Å². The van der Waals surface area contributed by atoms with Gasteiger partial charge in [0.1, 0.15) is 6.26 Å². The minimum atomic E-state index is -0.318. The van der Waals surface area contributed by atoms with Gasteiger partial charge in [-0.25, -0.2) is 0 Å². The Morgan fingerprint density at radius 2 is 2.15 bits per heavy atom. The van der Waals surface area contributed by atoms with E-state index in [1.165, 1.54) is 38.7 Å². The van der Waals surface area contributed by atoms with Crippen molar-refractivity contribution in [2.24, 2.45) is 5.92 Å². The molecule has 0 bridgehead atoms. The molecule has 2 fully saturated rings. The van der Waals surface area contributed by atoms with Crippen LogP contribution in [0.2, 0.25) is 0 Å². The van der Waals surface area contributed by atoms with Crippen LogP contribution in [-0.4, -0.2) is 30.5 Å². The topological polar surface area (TPSA) is 59.8 Å². The van der Waals surface area contributed by atoms with Crippen LogP contribution in [0.1, 0.15) is 42.7 Å². The lowest BCUT2D eigenvalue weighted by Gasteiger charge is -2.37. The van der Waals surface area contributed by atoms with Gasteiger partial charge in [-0.3, -0.25) is 9.59 Å². The smallest absolute Gasteiger partial charge is 0.289 e. The number of hydrogen-bond acceptors (Lipinski definition) is 4. The molecule has 0 radical (unpaired) electrons. The van der Waals surface area contributed by atoms with Gasteiger partial charge in [0, 0.05) is 18.7 Å². The number of hydrogen-bond donors (Lipinski definition) is 0. The average Bonchev–Trinajstić information content (AvgIpc) is 2.94. The van der Waals surface area contributed by atoms with Gasteiger partial charge in [0.15, 0.2) is 5.76 Å². The zero-order valence-corrected chi connectivity index (χ0v) is 11.6. The van der Waals surface area contributed by atoms with Crippen LogP contribution >= 0.6 is 0 Å². The minimum Gasteiger partial charge on any atom is -0.490 e. The number of likely N-dealkylation sites (tertiary alicyclic amines) is 1. The van der Waals surface area contributed by atoms with E-state index >= 15 is 0 Å². The number of nitrogens with zero attached hydrogens (tertiary/aromatic N) is 1. The van der Waals surface area contributed by atoms with Gasteiger partial charge >= 0.3 is 0 Å². The molecule has 3 rings (SSSR count). The van der Waals surface area contributed by atoms with Crippen molar-refractivity contribution in [3.63, 3.8) is 0 Å². The summed E-state index contributed by atoms with van der Waals surface area (Å²) in [6, 6.07) is 1.56. The summed E-state index contributed by atoms with van der Waals surface area (Å²) < 4.78 is 10.1. The SMILES string of the molecule is COc1coc(C(=O)N2CCC[C@H]3CCC[C@H]32)cc1=O. The summed E-state index contributed by atoms with van der Waals surface area (Å²) in [6.07, 6.45) is 6.92. The van der Waals surface area contributed by atoms with Crippen molar-refractivity contribution in [2.45, 2.75) is 38.1 Å². The zero-order chi connectivity index (χ0) is 14.1. The standard InChI is InChI=1S/C15H19NO4/c1-19-14-9-20-13(8-12(14)17)15(18)16-7-3-5-10-4-2-6-11(10)16/h8-11H,2-7H2,1H3/t10-,11-/m1/s1. The molecule has 0 aromatic carbocycles. The summed E-state index contributed by atoms with van der Waals surface area (Å²) in [5.74, 6) is 0.696. The number of piperidine rings is 1. The highest BCUT2D eigenvalue weighted by Crippen LogP contribution is 2.37. The van der Waals surface area contributed by atoms with Crippen molar-refractivity contribution in [3.05, 3.63) is 28.3 Å². The van der Waals surface area contributed by atoms with E-state index in [0.29, 0.717) is 12.0 Å². The lowest BCUT2D eigenvalue weighted by molar-refractivity contribution is 0.0513. The second-order valence-electron chi connectivity index (χ2n) is 5.58. The molecule has 2 atom stereocenters. The molecule has 2 heterocycles. The fourth-order valence-electron chi connectivity index (χ4n) is 3.51. The third kappa shape index (κ3) is 2.21. The maximum atomic E-state index is 12.5. The first kappa shape index (κ1) is 13.2. The van der Waals surface area contributed by atoms with E-state index in [4.69, 9.17) is 9.15 Å². The molecule has 1 amide bonds. The highest BCUT2D eigenvalue weighted by Gasteiger charge is 2.38. The second-order valence-corrected chi connectivity index (χ2v) is 5.58. The van der Waals surface area contributed by atoms with E-state index in [0.717, 1.165) is 19.4 Å². The van der Waals surface area contributed by atoms with Crippen LogP contribution in [0.15, 0.2) is 21.5 Å². The molecule has 1 aliphatic heterocycles. The number of amides is 1. The molecule has 1 aliphatic carbocycles. The molecular formula is C15H19NO4. The van der Waals surface area contributed by atoms with Gasteiger partial charge in [-0.15, -0.1) is 0 Å². The van der Waals surface area contributed by atoms with Crippen LogP contribution in [-0.2, 0) is 0 Å². The molecule has 2 aliphatic rings. The van der Waals surface area contributed by atoms with E-state index in [-0.39, 0.29) is 22.8 Å². The predicted molar refractivity (Wildman–Crippen MR) is 72.9 cm³/mol. The number of carbonyl (C=O) groups excluding carboxylic acids is 1. The summed E-state index contributed by atoms with van der Waals surface area (Å²) in [4.78, 5) is 26.2. The third-order valence-corrected chi connectivity index (χ3v) is 4.48. The fourth-order valence-corrected chi connectivity index (χ4v) is 3.51. The van der Waals surface area contributed by atoms with Crippen LogP contribution in [0.25, 0.3) is 0 Å². The van der Waals surface area contributed by atoms with Crippen molar-refractivity contribution in [1.29, 1.82) is 0 Å². The van der Waals surface area contributed by atoms with Gasteiger partial charge < -0.3 is 14.1 Å². The molecule has 0 spiro atoms. The van der Waals surface area contributed by atoms with Gasteiger partial charge in [-0.1, -0.05) is 6.42 Å². The van der Waals surface area contributed by atoms with Crippen LogP contribution < -0.4 is 10.2 Å². The molecule has 5 nitrogen and oxygen atoms in total. The van der Waals surface area contributed by atoms with Gasteiger partial charge in [0.25, 0.3) is 5.91 Å². The van der Waals surface area contributed by atoms with E-state index in [2.05, 4.69) is 0 Å². The van der Waals surface area contributed by atoms with Crippen molar-refractivity contribution >= 4 is 5.91 Å². The van der Waals surface area contributed by atoms with Gasteiger partial charge in [0.05, 0.1) is 7.11 Å². The first-order valence-corrected chi connectivity index (χ1v) is 7.18. The van der Waals surface area contributed by atoms with Crippen molar-refractivity contribution < 1.29 is 13.9 Å². The average molecular weight is 277 g/mol. The molecule has 1 aromatic heterocycles. The van der Waals surface area contributed by atoms with Gasteiger partial charge in [-0.2, -0.15) is 0 Å². The Morgan fingerprint density at radius 3 is 2.90 bits per heavy atom. The zero-order valence-electron chi connectivity index (χ0n) is 11.6. The number of carbonyl (C=O) groups is 1. The first-order chi connectivity index (χ1) is 9.70. The summed E-state index contributed by atoms with van der Waals surface area (Å²) in [5.41, 5.74) is -0.318. The van der Waals surface area contributed by atoms with Gasteiger partial charge in [-0.05, 0) is 31.6 Å². The molecule has 5 heteroatoms. The lowest BCUT2D eigenvalue weighted by atomic mass is 9.92. The molecule has 108 valence electrons. The summed E-state index contributed by atoms with van der Waals surface area (Å²) >= 11 is 0. The Morgan fingerprint density at radius 1 is 1.35 bits per heavy atom. The second kappa shape index (κ2) is 5.31. The maximum Gasteiger partial charge on any atom is 0.289 e. The van der Waals surface area contributed by atoms with Crippen LogP contribution in [0.5, 0.6) is 5.75 Å². The highest BCUT2D eigenvalue weighted by atomic mass is 16.5. The van der Waals surface area contributed by atoms with Crippen LogP contribution in [0, 0.1) is 5.92 Å². The number of rotatable bonds is 2. The minimum absolute atomic E-state index is 0.114. The van der Waals surface area contributed by atoms with Crippen LogP contribution in [0.3, 0.4) is 0 Å². The Hall–Kier alpha value is -1.78. The largest absolute Gasteiger partial charge is 0.490 e. The molecule has 1 saturated carbocycles. The highest BCUT2D eigenvalue weighted by molar-refractivity contribution is 5.91. The Kier molecular flexibility index (Phi) is 3.51. The lowest BCUT2D eigenvalue weighted by Crippen LogP contribution is -2.46. The normalized spacial score (nSPS) is 25.4. The van der Waals surface area contributed by atoms with Crippen molar-refractivity contribution in [2.75, 3.05) is 13.7 Å². The molecule has 1 saturated heterocycles. The van der Waals surface area contributed by atoms with Crippen LogP contribution in [0.4, 0.5) is 0 Å². The first-order valence-electron chi connectivity index (χ1n) is 7.18. The Bertz CT molecular complexity index is 565. The number of ether oxygens (including phenoxy) is 1. The molecular weight excluding hydrogens is 258 g/mol. The number of fused-ring (bicyclic) bond motifs is 1. The van der Waals surface area contributed by atoms with Crippen molar-refractivity contribution in [3.8, 4) is 5.75 Å². The summed E-state index contributed by atoms with van der Waals surface area (Å²) in [6.45, 7) is 0.760. The monoisotopic (exact) mass is 277 g/mol. The van der Waals surface area contributed by atoms with E-state index in [1.807, 2.05) is 4.90 Å². The van der Waals surface area contributed by atoms with Gasteiger partial charge in [0.2, 0.25) is 11.2 Å². The quantitative estimate of drug-likeness (QED) is 0.830. The fraction of sp³-hybridized carbons (Fsp3) is 0.600. The van der Waals surface area contributed by atoms with E-state index in [9.17, 15) is 9.59 Å². The Balaban J connectivity index is 1.84. The molecule has 0 unspecified atom stereocenters. The Labute approximate surface area is 117 Å². The summed E-state index contributed by atoms with van der Waals surface area (Å²) in [5, 5.41) is 0. The number of methoxy groups -OCH3 is 1. The maximum absolute atomic E-state index is 12.5.